The lowest BCUT2D eigenvalue weighted by Crippen LogP contribution is -2.05. The van der Waals surface area contributed by atoms with E-state index in [9.17, 15) is 13.6 Å². The molecule has 0 saturated carbocycles. The van der Waals surface area contributed by atoms with Gasteiger partial charge in [0, 0.05) is 17.2 Å². The van der Waals surface area contributed by atoms with Gasteiger partial charge in [-0.3, -0.25) is 5.10 Å². The van der Waals surface area contributed by atoms with Crippen LogP contribution in [0.5, 0.6) is 0 Å². The summed E-state index contributed by atoms with van der Waals surface area (Å²) in [5.74, 6) is -0.887. The summed E-state index contributed by atoms with van der Waals surface area (Å²) in [6.07, 6.45) is 0. The van der Waals surface area contributed by atoms with Crippen molar-refractivity contribution < 1.29 is 22.8 Å². The predicted molar refractivity (Wildman–Crippen MR) is 95.0 cm³/mol. The molecule has 0 radical (unpaired) electrons. The third kappa shape index (κ3) is 3.80. The Morgan fingerprint density at radius 3 is 2.29 bits per heavy atom. The summed E-state index contributed by atoms with van der Waals surface area (Å²) in [6.45, 7) is -0.103. The number of benzene rings is 2. The minimum Gasteiger partial charge on any atom is -0.454 e. The van der Waals surface area contributed by atoms with Gasteiger partial charge in [-0.05, 0) is 54.6 Å². The van der Waals surface area contributed by atoms with E-state index in [1.165, 1.54) is 30.3 Å². The smallest absolute Gasteiger partial charge is 0.356 e. The van der Waals surface area contributed by atoms with Crippen molar-refractivity contribution in [1.82, 2.24) is 15.4 Å². The third-order valence-corrected chi connectivity index (χ3v) is 3.98. The van der Waals surface area contributed by atoms with Gasteiger partial charge in [0.25, 0.3) is 0 Å². The lowest BCUT2D eigenvalue weighted by molar-refractivity contribution is 0.0457. The monoisotopic (exact) mass is 381 g/mol. The molecule has 2 heterocycles. The summed E-state index contributed by atoms with van der Waals surface area (Å²) < 4.78 is 36.4. The maximum atomic E-state index is 13.0. The van der Waals surface area contributed by atoms with Crippen molar-refractivity contribution in [2.75, 3.05) is 0 Å². The van der Waals surface area contributed by atoms with Gasteiger partial charge in [-0.15, -0.1) is 0 Å². The molecule has 2 aromatic carbocycles. The van der Waals surface area contributed by atoms with Crippen molar-refractivity contribution in [3.05, 3.63) is 83.7 Å². The van der Waals surface area contributed by atoms with Gasteiger partial charge in [0.15, 0.2) is 5.76 Å². The van der Waals surface area contributed by atoms with E-state index in [0.717, 1.165) is 0 Å². The number of halogens is 2. The Balaban J connectivity index is 1.40. The van der Waals surface area contributed by atoms with Gasteiger partial charge in [-0.2, -0.15) is 5.10 Å². The number of rotatable bonds is 5. The van der Waals surface area contributed by atoms with Gasteiger partial charge in [0.2, 0.25) is 0 Å². The van der Waals surface area contributed by atoms with E-state index < -0.39 is 5.97 Å². The topological polar surface area (TPSA) is 81.0 Å². The van der Waals surface area contributed by atoms with Crippen LogP contribution in [0.4, 0.5) is 8.78 Å². The Labute approximate surface area is 157 Å². The van der Waals surface area contributed by atoms with Crippen LogP contribution in [-0.2, 0) is 11.3 Å². The molecule has 0 saturated heterocycles. The van der Waals surface area contributed by atoms with E-state index >= 15 is 0 Å². The predicted octanol–water partition coefficient (Wildman–Crippen LogP) is 4.37. The van der Waals surface area contributed by atoms with Gasteiger partial charge in [-0.1, -0.05) is 5.16 Å². The van der Waals surface area contributed by atoms with E-state index in [4.69, 9.17) is 9.26 Å². The molecule has 0 aliphatic carbocycles. The van der Waals surface area contributed by atoms with Crippen molar-refractivity contribution in [3.8, 4) is 22.6 Å². The van der Waals surface area contributed by atoms with E-state index in [-0.39, 0.29) is 23.9 Å². The van der Waals surface area contributed by atoms with Gasteiger partial charge >= 0.3 is 5.97 Å². The fourth-order valence-corrected chi connectivity index (χ4v) is 2.54. The Bertz CT molecular complexity index is 1100. The number of carbonyl (C=O) groups is 1. The molecule has 4 aromatic rings. The number of esters is 1. The number of H-pyrrole nitrogens is 1. The SMILES string of the molecule is O=C(OCc1cc(-c2ccc(F)cc2)on1)c1cc(-c2ccc(F)cc2)n[nH]1. The third-order valence-electron chi connectivity index (χ3n) is 3.98. The van der Waals surface area contributed by atoms with Crippen molar-refractivity contribution in [3.63, 3.8) is 0 Å². The normalized spacial score (nSPS) is 10.8. The maximum absolute atomic E-state index is 13.0. The number of hydrogen-bond donors (Lipinski definition) is 1. The molecule has 6 nitrogen and oxygen atoms in total. The summed E-state index contributed by atoms with van der Waals surface area (Å²) in [6, 6.07) is 14.6. The minimum absolute atomic E-state index is 0.103. The number of carbonyl (C=O) groups excluding carboxylic acids is 1. The number of nitrogens with zero attached hydrogens (tertiary/aromatic N) is 2. The zero-order valence-corrected chi connectivity index (χ0v) is 14.4. The van der Waals surface area contributed by atoms with Gasteiger partial charge in [0.1, 0.15) is 29.6 Å². The Morgan fingerprint density at radius 1 is 0.964 bits per heavy atom. The van der Waals surface area contributed by atoms with Crippen LogP contribution in [0.25, 0.3) is 22.6 Å². The highest BCUT2D eigenvalue weighted by molar-refractivity contribution is 5.88. The second kappa shape index (κ2) is 7.43. The number of aromatic nitrogens is 3. The molecule has 0 aliphatic rings. The lowest BCUT2D eigenvalue weighted by atomic mass is 10.1. The molecule has 0 aliphatic heterocycles. The first-order valence-electron chi connectivity index (χ1n) is 8.28. The molecule has 8 heteroatoms. The van der Waals surface area contributed by atoms with E-state index in [1.807, 2.05) is 0 Å². The van der Waals surface area contributed by atoms with Crippen LogP contribution in [0.2, 0.25) is 0 Å². The quantitative estimate of drug-likeness (QED) is 0.519. The summed E-state index contributed by atoms with van der Waals surface area (Å²) in [4.78, 5) is 12.2. The molecule has 28 heavy (non-hydrogen) atoms. The molecular formula is C20H13F2N3O3. The van der Waals surface area contributed by atoms with Crippen molar-refractivity contribution in [2.45, 2.75) is 6.61 Å². The van der Waals surface area contributed by atoms with E-state index in [0.29, 0.717) is 28.3 Å². The average Bonchev–Trinajstić information content (AvgIpc) is 3.37. The summed E-state index contributed by atoms with van der Waals surface area (Å²) in [5.41, 5.74) is 2.38. The summed E-state index contributed by atoms with van der Waals surface area (Å²) in [5, 5.41) is 10.5. The van der Waals surface area contributed by atoms with Crippen molar-refractivity contribution in [2.24, 2.45) is 0 Å². The Hall–Kier alpha value is -3.81. The van der Waals surface area contributed by atoms with Gasteiger partial charge in [-0.25, -0.2) is 13.6 Å². The first kappa shape index (κ1) is 17.6. The minimum atomic E-state index is -0.618. The zero-order chi connectivity index (χ0) is 19.5. The molecular weight excluding hydrogens is 368 g/mol. The van der Waals surface area contributed by atoms with Crippen molar-refractivity contribution in [1.29, 1.82) is 0 Å². The standard InChI is InChI=1S/C20H13F2N3O3/c21-14-5-1-12(2-6-14)17-10-18(24-23-17)20(26)27-11-16-9-19(28-25-16)13-3-7-15(22)8-4-13/h1-10H,11H2,(H,23,24). The molecule has 0 amide bonds. The summed E-state index contributed by atoms with van der Waals surface area (Å²) >= 11 is 0. The van der Waals surface area contributed by atoms with Crippen LogP contribution in [0.1, 0.15) is 16.2 Å². The molecule has 0 unspecified atom stereocenters. The number of hydrogen-bond acceptors (Lipinski definition) is 5. The van der Waals surface area contributed by atoms with Crippen molar-refractivity contribution >= 4 is 5.97 Å². The van der Waals surface area contributed by atoms with Crippen LogP contribution in [0.3, 0.4) is 0 Å². The number of ether oxygens (including phenoxy) is 1. The number of aromatic amines is 1. The zero-order valence-electron chi connectivity index (χ0n) is 14.4. The van der Waals surface area contributed by atoms with Crippen LogP contribution in [0.15, 0.2) is 65.2 Å². The fraction of sp³-hybridized carbons (Fsp3) is 0.0500. The summed E-state index contributed by atoms with van der Waals surface area (Å²) in [7, 11) is 0. The van der Waals surface area contributed by atoms with Crippen LogP contribution in [0, 0.1) is 11.6 Å². The molecule has 2 aromatic heterocycles. The highest BCUT2D eigenvalue weighted by atomic mass is 19.1. The average molecular weight is 381 g/mol. The van der Waals surface area contributed by atoms with Crippen LogP contribution >= 0.6 is 0 Å². The van der Waals surface area contributed by atoms with E-state index in [2.05, 4.69) is 15.4 Å². The van der Waals surface area contributed by atoms with Crippen LogP contribution in [-0.4, -0.2) is 21.3 Å². The largest absolute Gasteiger partial charge is 0.454 e. The van der Waals surface area contributed by atoms with Gasteiger partial charge in [0.05, 0.1) is 5.69 Å². The number of nitrogens with one attached hydrogen (secondary N) is 1. The highest BCUT2D eigenvalue weighted by Gasteiger charge is 2.14. The second-order valence-electron chi connectivity index (χ2n) is 5.94. The molecule has 0 fully saturated rings. The molecule has 140 valence electrons. The van der Waals surface area contributed by atoms with E-state index in [1.54, 1.807) is 30.3 Å². The Morgan fingerprint density at radius 2 is 1.61 bits per heavy atom. The first-order chi connectivity index (χ1) is 13.6. The molecule has 0 spiro atoms. The molecule has 4 rings (SSSR count). The molecule has 1 N–H and O–H groups in total. The Kier molecular flexibility index (Phi) is 4.67. The fourth-order valence-electron chi connectivity index (χ4n) is 2.54. The maximum Gasteiger partial charge on any atom is 0.356 e. The first-order valence-corrected chi connectivity index (χ1v) is 8.28. The molecule has 0 atom stereocenters. The van der Waals surface area contributed by atoms with Crippen LogP contribution < -0.4 is 0 Å². The van der Waals surface area contributed by atoms with Gasteiger partial charge < -0.3 is 9.26 Å². The lowest BCUT2D eigenvalue weighted by Gasteiger charge is -1.99. The second-order valence-corrected chi connectivity index (χ2v) is 5.94. The molecule has 0 bridgehead atoms. The highest BCUT2D eigenvalue weighted by Crippen LogP contribution is 2.22.